The molecule has 0 spiro atoms. The molecule has 0 aromatic heterocycles. The van der Waals surface area contributed by atoms with Gasteiger partial charge in [-0.25, -0.2) is 4.79 Å². The lowest BCUT2D eigenvalue weighted by atomic mass is 10.3. The predicted molar refractivity (Wildman–Crippen MR) is 91.4 cm³/mol. The third-order valence-electron chi connectivity index (χ3n) is 2.26. The summed E-state index contributed by atoms with van der Waals surface area (Å²) >= 11 is 0. The fourth-order valence-electron chi connectivity index (χ4n) is 1.19. The largest absolute Gasteiger partial charge is 0.450 e. The minimum atomic E-state index is -0.413. The van der Waals surface area contributed by atoms with Crippen molar-refractivity contribution in [3.63, 3.8) is 0 Å². The van der Waals surface area contributed by atoms with Gasteiger partial charge in [-0.2, -0.15) is 0 Å². The molecule has 1 atom stereocenters. The van der Waals surface area contributed by atoms with Crippen molar-refractivity contribution in [1.29, 1.82) is 0 Å². The Morgan fingerprint density at radius 1 is 1.33 bits per heavy atom. The number of hydrogen-bond donors (Lipinski definition) is 2. The second-order valence-corrected chi connectivity index (χ2v) is 6.87. The fourth-order valence-corrected chi connectivity index (χ4v) is 3.20. The van der Waals surface area contributed by atoms with Gasteiger partial charge in [0.15, 0.2) is 0 Å². The molecule has 0 aliphatic carbocycles. The van der Waals surface area contributed by atoms with E-state index in [1.54, 1.807) is 17.7 Å². The van der Waals surface area contributed by atoms with Crippen LogP contribution in [0.3, 0.4) is 0 Å². The lowest BCUT2D eigenvalue weighted by Gasteiger charge is -2.11. The van der Waals surface area contributed by atoms with Crippen LogP contribution in [-0.2, 0) is 9.47 Å². The third-order valence-corrected chi connectivity index (χ3v) is 4.90. The first-order valence-electron chi connectivity index (χ1n) is 7.05. The third kappa shape index (κ3) is 15.7. The Labute approximate surface area is 136 Å². The summed E-state index contributed by atoms with van der Waals surface area (Å²) in [4.78, 5) is 11.2. The van der Waals surface area contributed by atoms with Crippen molar-refractivity contribution in [1.82, 2.24) is 10.6 Å². The van der Waals surface area contributed by atoms with E-state index in [1.807, 2.05) is 17.8 Å². The number of nitrogens with one attached hydrogen (secondary N) is 2. The van der Waals surface area contributed by atoms with Crippen molar-refractivity contribution >= 4 is 27.7 Å². The second-order valence-electron chi connectivity index (χ2n) is 4.08. The Hall–Kier alpha value is -0.550. The fraction of sp³-hybridized carbons (Fsp3) is 0.786. The van der Waals surface area contributed by atoms with Gasteiger partial charge in [0.2, 0.25) is 0 Å². The highest BCUT2D eigenvalue weighted by Crippen LogP contribution is 2.26. The molecule has 1 unspecified atom stereocenters. The van der Waals surface area contributed by atoms with Gasteiger partial charge in [-0.1, -0.05) is 27.5 Å². The zero-order valence-electron chi connectivity index (χ0n) is 13.1. The number of unbranched alkanes of at least 4 members (excludes halogenated alkanes) is 1. The molecule has 0 heterocycles. The van der Waals surface area contributed by atoms with Crippen LogP contribution in [0.5, 0.6) is 0 Å². The Morgan fingerprint density at radius 3 is 2.81 bits per heavy atom. The van der Waals surface area contributed by atoms with E-state index >= 15 is 0 Å². The molecule has 2 N–H and O–H groups in total. The van der Waals surface area contributed by atoms with E-state index in [9.17, 15) is 4.79 Å². The van der Waals surface area contributed by atoms with E-state index in [2.05, 4.69) is 29.4 Å². The van der Waals surface area contributed by atoms with Crippen molar-refractivity contribution in [2.24, 2.45) is 0 Å². The first-order valence-corrected chi connectivity index (χ1v) is 9.43. The van der Waals surface area contributed by atoms with Crippen LogP contribution in [0.15, 0.2) is 0 Å². The van der Waals surface area contributed by atoms with Crippen LogP contribution < -0.4 is 10.6 Å². The van der Waals surface area contributed by atoms with Crippen LogP contribution in [-0.4, -0.2) is 50.6 Å². The number of amides is 1. The van der Waals surface area contributed by atoms with Crippen molar-refractivity contribution in [3.8, 4) is 11.8 Å². The molecule has 0 bridgehead atoms. The molecule has 122 valence electrons. The average molecular weight is 335 g/mol. The van der Waals surface area contributed by atoms with Crippen LogP contribution in [0.4, 0.5) is 4.79 Å². The molecule has 0 aliphatic rings. The zero-order valence-corrected chi connectivity index (χ0v) is 14.7. The highest BCUT2D eigenvalue weighted by atomic mass is 33.1. The zero-order chi connectivity index (χ0) is 15.8. The van der Waals surface area contributed by atoms with E-state index < -0.39 is 6.09 Å². The number of hydrogen-bond acceptors (Lipinski definition) is 6. The lowest BCUT2D eigenvalue weighted by Crippen LogP contribution is -2.24. The average Bonchev–Trinajstić information content (AvgIpc) is 2.47. The topological polar surface area (TPSA) is 59.6 Å². The molecule has 0 aromatic rings. The number of carbonyl (C=O) groups excluding carboxylic acids is 1. The molecule has 0 aliphatic heterocycles. The Balaban J connectivity index is 3.30. The Morgan fingerprint density at radius 2 is 2.10 bits per heavy atom. The monoisotopic (exact) mass is 334 g/mol. The number of rotatable bonds is 12. The van der Waals surface area contributed by atoms with Crippen LogP contribution in [0.1, 0.15) is 26.7 Å². The normalized spacial score (nSPS) is 11.4. The van der Waals surface area contributed by atoms with Gasteiger partial charge in [-0.05, 0) is 33.7 Å². The standard InChI is InChI=1S/C14H26N2O3S2/c1-4-5-8-16-14(17)19-11-7-6-10-18-13(2)21-20-12-9-15-3/h13,15H,6-12H2,1-3H3,(H,16,17). The maximum Gasteiger partial charge on any atom is 0.407 e. The predicted octanol–water partition coefficient (Wildman–Crippen LogP) is 2.48. The van der Waals surface area contributed by atoms with Crippen LogP contribution in [0.25, 0.3) is 0 Å². The number of ether oxygens (including phenoxy) is 2. The van der Waals surface area contributed by atoms with E-state index in [-0.39, 0.29) is 5.44 Å². The van der Waals surface area contributed by atoms with Gasteiger partial charge < -0.3 is 20.1 Å². The van der Waals surface area contributed by atoms with Crippen LogP contribution in [0, 0.1) is 11.8 Å². The van der Waals surface area contributed by atoms with Gasteiger partial charge in [0, 0.05) is 18.9 Å². The minimum Gasteiger partial charge on any atom is -0.450 e. The Bertz CT molecular complexity index is 319. The van der Waals surface area contributed by atoms with Crippen LogP contribution in [0.2, 0.25) is 0 Å². The molecule has 0 saturated heterocycles. The summed E-state index contributed by atoms with van der Waals surface area (Å²) in [5.41, 5.74) is 0.184. The molecule has 0 radical (unpaired) electrons. The minimum absolute atomic E-state index is 0.184. The van der Waals surface area contributed by atoms with E-state index in [0.717, 1.165) is 25.1 Å². The van der Waals surface area contributed by atoms with Gasteiger partial charge in [0.25, 0.3) is 0 Å². The maximum atomic E-state index is 11.2. The van der Waals surface area contributed by atoms with Crippen molar-refractivity contribution in [2.75, 3.05) is 39.1 Å². The van der Waals surface area contributed by atoms with E-state index in [4.69, 9.17) is 9.47 Å². The van der Waals surface area contributed by atoms with Gasteiger partial charge in [0.1, 0.15) is 5.44 Å². The summed E-state index contributed by atoms with van der Waals surface area (Å²) in [6, 6.07) is 0. The molecular weight excluding hydrogens is 308 g/mol. The van der Waals surface area contributed by atoms with Crippen LogP contribution >= 0.6 is 21.6 Å². The highest BCUT2D eigenvalue weighted by molar-refractivity contribution is 8.76. The van der Waals surface area contributed by atoms with Crippen molar-refractivity contribution in [2.45, 2.75) is 32.1 Å². The summed E-state index contributed by atoms with van der Waals surface area (Å²) in [7, 11) is 5.50. The van der Waals surface area contributed by atoms with E-state index in [0.29, 0.717) is 19.8 Å². The summed E-state index contributed by atoms with van der Waals surface area (Å²) in [5, 5.41) is 5.65. The first-order chi connectivity index (χ1) is 10.2. The highest BCUT2D eigenvalue weighted by Gasteiger charge is 2.03. The summed E-state index contributed by atoms with van der Waals surface area (Å²) in [6.45, 7) is 6.22. The second kappa shape index (κ2) is 15.8. The van der Waals surface area contributed by atoms with Gasteiger partial charge in [-0.3, -0.25) is 0 Å². The molecule has 0 rings (SSSR count). The van der Waals surface area contributed by atoms with Gasteiger partial charge >= 0.3 is 6.09 Å². The maximum absolute atomic E-state index is 11.2. The van der Waals surface area contributed by atoms with Crippen molar-refractivity contribution in [3.05, 3.63) is 0 Å². The number of carbonyl (C=O) groups is 1. The molecule has 0 aromatic carbocycles. The summed E-state index contributed by atoms with van der Waals surface area (Å²) in [6.07, 6.45) is 1.27. The smallest absolute Gasteiger partial charge is 0.407 e. The number of alkyl carbamates (subject to hydrolysis) is 1. The molecule has 5 nitrogen and oxygen atoms in total. The SMILES string of the molecule is CC#CCNC(=O)OCCCCOC(C)SSCCNC. The molecular formula is C14H26N2O3S2. The summed E-state index contributed by atoms with van der Waals surface area (Å²) in [5.74, 6) is 6.50. The van der Waals surface area contributed by atoms with Gasteiger partial charge in [-0.15, -0.1) is 5.92 Å². The lowest BCUT2D eigenvalue weighted by molar-refractivity contribution is 0.109. The Kier molecular flexibility index (Phi) is 15.4. The molecule has 0 saturated carbocycles. The first kappa shape index (κ1) is 20.5. The van der Waals surface area contributed by atoms with Gasteiger partial charge in [0.05, 0.1) is 13.2 Å². The van der Waals surface area contributed by atoms with Crippen molar-refractivity contribution < 1.29 is 14.3 Å². The molecule has 21 heavy (non-hydrogen) atoms. The quantitative estimate of drug-likeness (QED) is 0.247. The summed E-state index contributed by atoms with van der Waals surface area (Å²) < 4.78 is 10.7. The van der Waals surface area contributed by atoms with E-state index in [1.165, 1.54) is 0 Å². The molecule has 7 heteroatoms. The molecule has 0 fully saturated rings. The molecule has 1 amide bonds.